The first kappa shape index (κ1) is 16.5. The van der Waals surface area contributed by atoms with Gasteiger partial charge in [0.25, 0.3) is 0 Å². The Bertz CT molecular complexity index is 410. The summed E-state index contributed by atoms with van der Waals surface area (Å²) in [5.74, 6) is 0.178. The summed E-state index contributed by atoms with van der Waals surface area (Å²) in [5, 5.41) is 3.91. The van der Waals surface area contributed by atoms with Gasteiger partial charge in [0.1, 0.15) is 5.82 Å². The van der Waals surface area contributed by atoms with E-state index in [2.05, 4.69) is 39.9 Å². The summed E-state index contributed by atoms with van der Waals surface area (Å²) in [6, 6.07) is 5.40. The van der Waals surface area contributed by atoms with Gasteiger partial charge in [0, 0.05) is 11.1 Å². The predicted molar refractivity (Wildman–Crippen MR) is 81.2 cm³/mol. The fraction of sp³-hybridized carbons (Fsp3) is 0.625. The SMILES string of the molecule is CC(C)NCC(Cc1ccc(Cl)cc1F)C(C)(C)C. The van der Waals surface area contributed by atoms with Crippen LogP contribution in [0.1, 0.15) is 40.2 Å². The van der Waals surface area contributed by atoms with Crippen LogP contribution in [0.5, 0.6) is 0 Å². The van der Waals surface area contributed by atoms with E-state index < -0.39 is 0 Å². The second kappa shape index (κ2) is 6.71. The lowest BCUT2D eigenvalue weighted by Crippen LogP contribution is -2.36. The summed E-state index contributed by atoms with van der Waals surface area (Å²) >= 11 is 5.79. The molecule has 1 unspecified atom stereocenters. The van der Waals surface area contributed by atoms with Crippen LogP contribution in [0.3, 0.4) is 0 Å². The maximum Gasteiger partial charge on any atom is 0.127 e. The van der Waals surface area contributed by atoms with Gasteiger partial charge in [-0.15, -0.1) is 0 Å². The highest BCUT2D eigenvalue weighted by Gasteiger charge is 2.25. The molecule has 0 saturated heterocycles. The molecule has 1 N–H and O–H groups in total. The van der Waals surface area contributed by atoms with E-state index in [9.17, 15) is 4.39 Å². The Morgan fingerprint density at radius 2 is 1.89 bits per heavy atom. The van der Waals surface area contributed by atoms with Crippen molar-refractivity contribution < 1.29 is 4.39 Å². The summed E-state index contributed by atoms with van der Waals surface area (Å²) in [6.45, 7) is 11.8. The van der Waals surface area contributed by atoms with E-state index in [1.165, 1.54) is 6.07 Å². The summed E-state index contributed by atoms with van der Waals surface area (Å²) < 4.78 is 13.9. The lowest BCUT2D eigenvalue weighted by Gasteiger charge is -2.32. The fourth-order valence-electron chi connectivity index (χ4n) is 2.02. The molecule has 1 atom stereocenters. The molecule has 0 aliphatic rings. The third-order valence-electron chi connectivity index (χ3n) is 3.48. The molecule has 0 aliphatic carbocycles. The molecule has 1 rings (SSSR count). The lowest BCUT2D eigenvalue weighted by molar-refractivity contribution is 0.225. The summed E-state index contributed by atoms with van der Waals surface area (Å²) in [7, 11) is 0. The van der Waals surface area contributed by atoms with Gasteiger partial charge in [-0.25, -0.2) is 4.39 Å². The van der Waals surface area contributed by atoms with Crippen molar-refractivity contribution in [1.82, 2.24) is 5.32 Å². The van der Waals surface area contributed by atoms with Crippen molar-refractivity contribution >= 4 is 11.6 Å². The largest absolute Gasteiger partial charge is 0.314 e. The van der Waals surface area contributed by atoms with Gasteiger partial charge in [-0.1, -0.05) is 52.3 Å². The van der Waals surface area contributed by atoms with E-state index >= 15 is 0 Å². The summed E-state index contributed by atoms with van der Waals surface area (Å²) in [5.41, 5.74) is 0.878. The molecule has 0 spiro atoms. The van der Waals surface area contributed by atoms with Crippen molar-refractivity contribution in [1.29, 1.82) is 0 Å². The van der Waals surface area contributed by atoms with Gasteiger partial charge in [0.2, 0.25) is 0 Å². The van der Waals surface area contributed by atoms with Gasteiger partial charge < -0.3 is 5.32 Å². The van der Waals surface area contributed by atoms with Gasteiger partial charge in [-0.05, 0) is 42.0 Å². The number of hydrogen-bond donors (Lipinski definition) is 1. The first-order valence-electron chi connectivity index (χ1n) is 6.87. The Morgan fingerprint density at radius 1 is 1.26 bits per heavy atom. The predicted octanol–water partition coefficient (Wildman–Crippen LogP) is 4.68. The van der Waals surface area contributed by atoms with Crippen molar-refractivity contribution in [2.75, 3.05) is 6.54 Å². The minimum Gasteiger partial charge on any atom is -0.314 e. The van der Waals surface area contributed by atoms with E-state index in [0.29, 0.717) is 17.0 Å². The molecular weight excluding hydrogens is 261 g/mol. The highest BCUT2D eigenvalue weighted by Crippen LogP contribution is 2.30. The molecule has 0 saturated carbocycles. The summed E-state index contributed by atoms with van der Waals surface area (Å²) in [6.07, 6.45) is 0.728. The number of benzene rings is 1. The van der Waals surface area contributed by atoms with Gasteiger partial charge in [0.15, 0.2) is 0 Å². The van der Waals surface area contributed by atoms with Crippen LogP contribution in [0.4, 0.5) is 4.39 Å². The fourth-order valence-corrected chi connectivity index (χ4v) is 2.17. The average Bonchev–Trinajstić information content (AvgIpc) is 2.24. The second-order valence-electron chi connectivity index (χ2n) is 6.57. The molecule has 1 nitrogen and oxygen atoms in total. The van der Waals surface area contributed by atoms with Crippen LogP contribution in [0, 0.1) is 17.2 Å². The number of hydrogen-bond acceptors (Lipinski definition) is 1. The van der Waals surface area contributed by atoms with Crippen LogP contribution < -0.4 is 5.32 Å². The smallest absolute Gasteiger partial charge is 0.127 e. The maximum absolute atomic E-state index is 13.9. The van der Waals surface area contributed by atoms with E-state index in [1.54, 1.807) is 12.1 Å². The van der Waals surface area contributed by atoms with Crippen LogP contribution in [0.25, 0.3) is 0 Å². The molecular formula is C16H25ClFN. The van der Waals surface area contributed by atoms with Crippen molar-refractivity contribution in [3.63, 3.8) is 0 Å². The highest BCUT2D eigenvalue weighted by molar-refractivity contribution is 6.30. The third-order valence-corrected chi connectivity index (χ3v) is 3.71. The van der Waals surface area contributed by atoms with Crippen LogP contribution >= 0.6 is 11.6 Å². The molecule has 1 aromatic rings. The van der Waals surface area contributed by atoms with Gasteiger partial charge in [0.05, 0.1) is 0 Å². The van der Waals surface area contributed by atoms with E-state index in [-0.39, 0.29) is 11.2 Å². The Kier molecular flexibility index (Phi) is 5.82. The number of rotatable bonds is 5. The molecule has 0 aliphatic heterocycles. The average molecular weight is 286 g/mol. The van der Waals surface area contributed by atoms with Gasteiger partial charge in [-0.2, -0.15) is 0 Å². The molecule has 3 heteroatoms. The van der Waals surface area contributed by atoms with Crippen molar-refractivity contribution in [3.05, 3.63) is 34.6 Å². The molecule has 108 valence electrons. The zero-order chi connectivity index (χ0) is 14.6. The molecule has 1 aromatic carbocycles. The van der Waals surface area contributed by atoms with Gasteiger partial charge >= 0.3 is 0 Å². The Hall–Kier alpha value is -0.600. The van der Waals surface area contributed by atoms with Crippen LogP contribution in [0.15, 0.2) is 18.2 Å². The minimum absolute atomic E-state index is 0.133. The highest BCUT2D eigenvalue weighted by atomic mass is 35.5. The monoisotopic (exact) mass is 285 g/mol. The topological polar surface area (TPSA) is 12.0 Å². The van der Waals surface area contributed by atoms with Crippen molar-refractivity contribution in [2.24, 2.45) is 11.3 Å². The standard InChI is InChI=1S/C16H25ClFN/c1-11(2)19-10-13(16(3,4)5)8-12-6-7-14(17)9-15(12)18/h6-7,9,11,13,19H,8,10H2,1-5H3. The quantitative estimate of drug-likeness (QED) is 0.828. The zero-order valence-electron chi connectivity index (χ0n) is 12.6. The normalized spacial score (nSPS) is 13.9. The maximum atomic E-state index is 13.9. The molecule has 0 aromatic heterocycles. The molecule has 0 fully saturated rings. The molecule has 0 bridgehead atoms. The van der Waals surface area contributed by atoms with Crippen molar-refractivity contribution in [2.45, 2.75) is 47.1 Å². The molecule has 0 heterocycles. The van der Waals surface area contributed by atoms with Crippen molar-refractivity contribution in [3.8, 4) is 0 Å². The van der Waals surface area contributed by atoms with E-state index in [4.69, 9.17) is 11.6 Å². The van der Waals surface area contributed by atoms with Crippen LogP contribution in [-0.2, 0) is 6.42 Å². The molecule has 0 amide bonds. The minimum atomic E-state index is -0.203. The molecule has 0 radical (unpaired) electrons. The number of nitrogens with one attached hydrogen (secondary N) is 1. The Labute approximate surface area is 121 Å². The zero-order valence-corrected chi connectivity index (χ0v) is 13.3. The van der Waals surface area contributed by atoms with E-state index in [1.807, 2.05) is 0 Å². The first-order chi connectivity index (χ1) is 8.70. The Morgan fingerprint density at radius 3 is 2.37 bits per heavy atom. The summed E-state index contributed by atoms with van der Waals surface area (Å²) in [4.78, 5) is 0. The second-order valence-corrected chi connectivity index (χ2v) is 7.00. The molecule has 19 heavy (non-hydrogen) atoms. The third kappa shape index (κ3) is 5.50. The van der Waals surface area contributed by atoms with Crippen LogP contribution in [-0.4, -0.2) is 12.6 Å². The Balaban J connectivity index is 2.82. The van der Waals surface area contributed by atoms with Crippen LogP contribution in [0.2, 0.25) is 5.02 Å². The number of halogens is 2. The van der Waals surface area contributed by atoms with E-state index in [0.717, 1.165) is 18.5 Å². The van der Waals surface area contributed by atoms with Gasteiger partial charge in [-0.3, -0.25) is 0 Å². The first-order valence-corrected chi connectivity index (χ1v) is 7.25. The lowest BCUT2D eigenvalue weighted by atomic mass is 9.77.